The number of hydrogen-bond donors (Lipinski definition) is 2. The maximum Gasteiger partial charge on any atom is 0.354 e. The topological polar surface area (TPSA) is 108 Å². The van der Waals surface area contributed by atoms with Gasteiger partial charge in [0.25, 0.3) is 5.56 Å². The van der Waals surface area contributed by atoms with Crippen molar-refractivity contribution >= 4 is 11.2 Å². The van der Waals surface area contributed by atoms with Gasteiger partial charge < -0.3 is 21.2 Å². The van der Waals surface area contributed by atoms with Crippen LogP contribution in [0, 0.1) is 11.7 Å². The van der Waals surface area contributed by atoms with Crippen LogP contribution in [0.2, 0.25) is 0 Å². The minimum Gasteiger partial charge on any atom is -0.492 e. The second-order valence-electron chi connectivity index (χ2n) is 8.74. The van der Waals surface area contributed by atoms with Gasteiger partial charge in [-0.15, -0.1) is 0 Å². The lowest BCUT2D eigenvalue weighted by molar-refractivity contribution is 0.254. The molecule has 8 nitrogen and oxygen atoms in total. The zero-order valence-corrected chi connectivity index (χ0v) is 18.1. The smallest absolute Gasteiger partial charge is 0.354 e. The Morgan fingerprint density at radius 3 is 2.48 bits per heavy atom. The Labute approximate surface area is 187 Å². The van der Waals surface area contributed by atoms with Crippen LogP contribution in [-0.4, -0.2) is 35.4 Å². The summed E-state index contributed by atoms with van der Waals surface area (Å²) in [5, 5.41) is 0. The molecule has 0 radical (unpaired) electrons. The van der Waals surface area contributed by atoms with Crippen LogP contribution in [0.3, 0.4) is 0 Å². The van der Waals surface area contributed by atoms with Gasteiger partial charge in [-0.3, -0.25) is 9.20 Å². The van der Waals surface area contributed by atoms with Crippen LogP contribution in [0.1, 0.15) is 35.9 Å². The summed E-state index contributed by atoms with van der Waals surface area (Å²) in [5.41, 5.74) is 6.15. The van der Waals surface area contributed by atoms with Gasteiger partial charge in [0.15, 0.2) is 11.6 Å². The SMILES string of the molecule is COc1c(N2CC(F)C(C(N)c3ccccc3)C2)c(F)cn2c(=O)n(N)c(=O)c(C3CC3)c12. The van der Waals surface area contributed by atoms with E-state index in [-0.39, 0.29) is 36.0 Å². The number of pyridine rings is 1. The summed E-state index contributed by atoms with van der Waals surface area (Å²) in [5.74, 6) is 4.25. The molecule has 1 saturated heterocycles. The molecule has 0 spiro atoms. The number of aromatic nitrogens is 2. The molecule has 3 aromatic rings. The van der Waals surface area contributed by atoms with Crippen molar-refractivity contribution in [3.8, 4) is 5.75 Å². The molecule has 174 valence electrons. The Balaban J connectivity index is 1.64. The van der Waals surface area contributed by atoms with Gasteiger partial charge in [-0.1, -0.05) is 30.3 Å². The first-order valence-electron chi connectivity index (χ1n) is 10.9. The van der Waals surface area contributed by atoms with Crippen LogP contribution in [0.4, 0.5) is 14.5 Å². The standard InChI is InChI=1S/C23H25F2N5O3/c1-33-21-19(28-9-14(15(24)10-28)18(26)13-5-3-2-4-6-13)16(25)11-29-20(21)17(12-7-8-12)22(31)30(27)23(29)32/h2-6,11-12,14-15,18H,7-10,26-27H2,1H3. The monoisotopic (exact) mass is 457 g/mol. The molecular formula is C23H25F2N5O3. The maximum atomic E-state index is 15.4. The number of nitrogens with zero attached hydrogens (tertiary/aromatic N) is 3. The summed E-state index contributed by atoms with van der Waals surface area (Å²) in [7, 11) is 1.34. The van der Waals surface area contributed by atoms with Crippen LogP contribution in [0.15, 0.2) is 46.1 Å². The van der Waals surface area contributed by atoms with Gasteiger partial charge in [-0.05, 0) is 24.3 Å². The molecule has 0 amide bonds. The zero-order valence-electron chi connectivity index (χ0n) is 18.1. The van der Waals surface area contributed by atoms with Gasteiger partial charge in [0, 0.05) is 25.0 Å². The van der Waals surface area contributed by atoms with E-state index in [9.17, 15) is 9.59 Å². The van der Waals surface area contributed by atoms with Gasteiger partial charge in [0.05, 0.1) is 18.9 Å². The van der Waals surface area contributed by atoms with E-state index in [0.717, 1.165) is 29.0 Å². The van der Waals surface area contributed by atoms with Crippen LogP contribution in [0.25, 0.3) is 5.52 Å². The van der Waals surface area contributed by atoms with E-state index in [1.54, 1.807) is 4.90 Å². The molecule has 5 rings (SSSR count). The molecule has 10 heteroatoms. The van der Waals surface area contributed by atoms with Crippen LogP contribution in [-0.2, 0) is 0 Å². The summed E-state index contributed by atoms with van der Waals surface area (Å²) in [6, 6.07) is 8.63. The number of alkyl halides is 1. The number of nitrogens with two attached hydrogens (primary N) is 2. The molecule has 3 heterocycles. The van der Waals surface area contributed by atoms with E-state index < -0.39 is 35.2 Å². The molecule has 1 aliphatic heterocycles. The number of benzene rings is 1. The lowest BCUT2D eigenvalue weighted by Crippen LogP contribution is -2.44. The van der Waals surface area contributed by atoms with E-state index in [1.807, 2.05) is 30.3 Å². The average Bonchev–Trinajstić information content (AvgIpc) is 3.58. The van der Waals surface area contributed by atoms with Crippen molar-refractivity contribution in [2.45, 2.75) is 31.0 Å². The van der Waals surface area contributed by atoms with E-state index in [1.165, 1.54) is 7.11 Å². The third kappa shape index (κ3) is 3.36. The van der Waals surface area contributed by atoms with Crippen LogP contribution in [0.5, 0.6) is 5.75 Å². The molecule has 2 aliphatic rings. The van der Waals surface area contributed by atoms with Crippen molar-refractivity contribution in [1.82, 2.24) is 9.08 Å². The fourth-order valence-electron chi connectivity index (χ4n) is 4.87. The van der Waals surface area contributed by atoms with Crippen LogP contribution >= 0.6 is 0 Å². The molecule has 1 saturated carbocycles. The number of methoxy groups -OCH3 is 1. The first-order valence-corrected chi connectivity index (χ1v) is 10.9. The molecule has 3 atom stereocenters. The number of nitrogen functional groups attached to an aromatic ring is 1. The molecule has 2 aromatic heterocycles. The van der Waals surface area contributed by atoms with E-state index in [4.69, 9.17) is 16.3 Å². The molecule has 0 bridgehead atoms. The second kappa shape index (κ2) is 7.87. The van der Waals surface area contributed by atoms with Crippen molar-refractivity contribution in [1.29, 1.82) is 0 Å². The largest absolute Gasteiger partial charge is 0.492 e. The minimum absolute atomic E-state index is 0.0124. The average molecular weight is 457 g/mol. The van der Waals surface area contributed by atoms with Crippen LogP contribution < -0.4 is 32.5 Å². The zero-order chi connectivity index (χ0) is 23.4. The van der Waals surface area contributed by atoms with Gasteiger partial charge in [0.2, 0.25) is 0 Å². The molecular weight excluding hydrogens is 432 g/mol. The summed E-state index contributed by atoms with van der Waals surface area (Å²) < 4.78 is 37.6. The number of rotatable bonds is 5. The third-order valence-corrected chi connectivity index (χ3v) is 6.70. The number of anilines is 1. The van der Waals surface area contributed by atoms with E-state index in [0.29, 0.717) is 10.2 Å². The van der Waals surface area contributed by atoms with Gasteiger partial charge in [-0.2, -0.15) is 4.68 Å². The van der Waals surface area contributed by atoms with Gasteiger partial charge in [-0.25, -0.2) is 13.6 Å². The van der Waals surface area contributed by atoms with E-state index >= 15 is 8.78 Å². The summed E-state index contributed by atoms with van der Waals surface area (Å²) in [4.78, 5) is 27.0. The quantitative estimate of drug-likeness (QED) is 0.565. The molecule has 33 heavy (non-hydrogen) atoms. The fourth-order valence-corrected chi connectivity index (χ4v) is 4.87. The first-order chi connectivity index (χ1) is 15.8. The lowest BCUT2D eigenvalue weighted by Gasteiger charge is -2.25. The van der Waals surface area contributed by atoms with Gasteiger partial charge >= 0.3 is 5.69 Å². The van der Waals surface area contributed by atoms with Crippen molar-refractivity contribution in [2.24, 2.45) is 11.7 Å². The maximum absolute atomic E-state index is 15.4. The molecule has 2 fully saturated rings. The number of halogens is 2. The van der Waals surface area contributed by atoms with Crippen molar-refractivity contribution < 1.29 is 13.5 Å². The second-order valence-corrected chi connectivity index (χ2v) is 8.74. The third-order valence-electron chi connectivity index (χ3n) is 6.70. The highest BCUT2D eigenvalue weighted by atomic mass is 19.1. The lowest BCUT2D eigenvalue weighted by atomic mass is 9.92. The molecule has 4 N–H and O–H groups in total. The van der Waals surface area contributed by atoms with Crippen molar-refractivity contribution in [3.05, 3.63) is 74.3 Å². The molecule has 1 aliphatic carbocycles. The highest BCUT2D eigenvalue weighted by Gasteiger charge is 2.41. The van der Waals surface area contributed by atoms with Gasteiger partial charge in [0.1, 0.15) is 17.4 Å². The fraction of sp³-hybridized carbons (Fsp3) is 0.391. The highest BCUT2D eigenvalue weighted by molar-refractivity contribution is 5.78. The number of ether oxygens (including phenoxy) is 1. The Kier molecular flexibility index (Phi) is 5.12. The minimum atomic E-state index is -1.30. The Morgan fingerprint density at radius 2 is 1.85 bits per heavy atom. The summed E-state index contributed by atoms with van der Waals surface area (Å²) in [6.45, 7) is 0.0588. The Hall–Kier alpha value is -3.40. The Bertz CT molecular complexity index is 1340. The summed E-state index contributed by atoms with van der Waals surface area (Å²) >= 11 is 0. The molecule has 1 aromatic carbocycles. The van der Waals surface area contributed by atoms with E-state index in [2.05, 4.69) is 0 Å². The molecule has 3 unspecified atom stereocenters. The van der Waals surface area contributed by atoms with Crippen molar-refractivity contribution in [2.75, 3.05) is 30.9 Å². The normalized spacial score (nSPS) is 21.5. The Morgan fingerprint density at radius 1 is 1.15 bits per heavy atom. The highest BCUT2D eigenvalue weighted by Crippen LogP contribution is 2.46. The van der Waals surface area contributed by atoms with Crippen molar-refractivity contribution in [3.63, 3.8) is 0 Å². The number of hydrogen-bond acceptors (Lipinski definition) is 6. The summed E-state index contributed by atoms with van der Waals surface area (Å²) in [6.07, 6.45) is 1.19. The first kappa shape index (κ1) is 21.4. The number of fused-ring (bicyclic) bond motifs is 1. The predicted molar refractivity (Wildman–Crippen MR) is 121 cm³/mol. The predicted octanol–water partition coefficient (Wildman–Crippen LogP) is 1.67.